The number of carbonyl (C=O) groups is 7. The van der Waals surface area contributed by atoms with Gasteiger partial charge in [0.1, 0.15) is 28.0 Å². The second-order valence-corrected chi connectivity index (χ2v) is 35.7. The molecule has 30 nitrogen and oxygen atoms in total. The maximum Gasteiger partial charge on any atom is 0.410 e. The summed E-state index contributed by atoms with van der Waals surface area (Å²) in [4.78, 5) is 119. The van der Waals surface area contributed by atoms with Crippen LogP contribution in [0.15, 0.2) is 166 Å². The van der Waals surface area contributed by atoms with Crippen LogP contribution in [0.5, 0.6) is 0 Å². The third-order valence-electron chi connectivity index (χ3n) is 14.1. The molecular weight excluding hydrogens is 1810 g/mol. The summed E-state index contributed by atoms with van der Waals surface area (Å²) in [6.07, 6.45) is 25.4. The zero-order valence-electron chi connectivity index (χ0n) is 73.4. The van der Waals surface area contributed by atoms with Crippen LogP contribution >= 0.6 is 63.7 Å². The summed E-state index contributed by atoms with van der Waals surface area (Å²) < 4.78 is 29.9. The Balaban J connectivity index is 0.00000137. The molecule has 5 amide bonds. The third kappa shape index (κ3) is 53.9. The van der Waals surface area contributed by atoms with E-state index in [9.17, 15) is 43.8 Å². The van der Waals surface area contributed by atoms with Crippen LogP contribution < -0.4 is 10.6 Å². The molecule has 0 fully saturated rings. The molecule has 0 aliphatic heterocycles. The van der Waals surface area contributed by atoms with Crippen molar-refractivity contribution in [2.24, 2.45) is 0 Å². The number of ether oxygens (including phenoxy) is 5. The number of hydrogen-bond donors (Lipinski definition) is 5. The molecule has 2 atom stereocenters. The van der Waals surface area contributed by atoms with Crippen LogP contribution in [0, 0.1) is 0 Å². The van der Waals surface area contributed by atoms with Gasteiger partial charge >= 0.3 is 30.5 Å². The monoisotopic (exact) mass is 1940 g/mol. The van der Waals surface area contributed by atoms with E-state index in [4.69, 9.17) is 28.8 Å². The first-order valence-electron chi connectivity index (χ1n) is 37.8. The Morgan fingerprint density at radius 3 is 0.826 bits per heavy atom. The normalized spacial score (nSPS) is 11.2. The number of nitrogens with one attached hydrogen (secondary N) is 2. The van der Waals surface area contributed by atoms with E-state index in [1.807, 2.05) is 161 Å². The van der Waals surface area contributed by atoms with Crippen molar-refractivity contribution in [2.45, 2.75) is 218 Å². The van der Waals surface area contributed by atoms with E-state index in [-0.39, 0.29) is 38.4 Å². The first-order chi connectivity index (χ1) is 55.8. The van der Waals surface area contributed by atoms with Crippen molar-refractivity contribution in [3.63, 3.8) is 0 Å². The van der Waals surface area contributed by atoms with E-state index in [2.05, 4.69) is 114 Å². The summed E-state index contributed by atoms with van der Waals surface area (Å²) in [6.45, 7) is 34.6. The molecule has 0 spiro atoms. The van der Waals surface area contributed by atoms with E-state index >= 15 is 0 Å². The molecule has 0 bridgehead atoms. The molecule has 0 aliphatic carbocycles. The van der Waals surface area contributed by atoms with Gasteiger partial charge in [0.2, 0.25) is 0 Å². The quantitative estimate of drug-likeness (QED) is 0.0371. The molecule has 34 heteroatoms. The maximum atomic E-state index is 11.8. The van der Waals surface area contributed by atoms with E-state index in [0.29, 0.717) is 43.9 Å². The predicted octanol–water partition coefficient (Wildman–Crippen LogP) is 17.8. The number of aromatic nitrogens is 8. The van der Waals surface area contributed by atoms with Gasteiger partial charge in [-0.05, 0) is 300 Å². The zero-order valence-corrected chi connectivity index (χ0v) is 79.7. The number of nitrogens with zero attached hydrogens (tertiary/aromatic N) is 13. The van der Waals surface area contributed by atoms with Gasteiger partial charge in [-0.25, -0.2) is 24.0 Å². The van der Waals surface area contributed by atoms with Gasteiger partial charge in [-0.3, -0.25) is 49.5 Å². The van der Waals surface area contributed by atoms with Crippen molar-refractivity contribution in [3.05, 3.63) is 232 Å². The fraction of sp³-hybridized carbons (Fsp3) is 0.460. The summed E-state index contributed by atoms with van der Waals surface area (Å²) >= 11 is 13.2. The molecule has 8 aromatic heterocycles. The maximum absolute atomic E-state index is 11.8. The van der Waals surface area contributed by atoms with Gasteiger partial charge in [-0.2, -0.15) is 0 Å². The number of aliphatic hydroxyl groups excluding tert-OH is 3. The number of aldehydes is 2. The van der Waals surface area contributed by atoms with Gasteiger partial charge in [0.05, 0.1) is 51.5 Å². The smallest absolute Gasteiger partial charge is 0.410 e. The topological polar surface area (TPSA) is 370 Å². The van der Waals surface area contributed by atoms with E-state index in [0.717, 1.165) is 93.6 Å². The van der Waals surface area contributed by atoms with Gasteiger partial charge in [0.15, 0.2) is 12.6 Å². The molecule has 0 saturated heterocycles. The lowest BCUT2D eigenvalue weighted by Crippen LogP contribution is -2.33. The molecule has 121 heavy (non-hydrogen) atoms. The van der Waals surface area contributed by atoms with Crippen molar-refractivity contribution in [3.8, 4) is 0 Å². The Morgan fingerprint density at radius 2 is 0.562 bits per heavy atom. The molecule has 5 N–H and O–H groups in total. The zero-order chi connectivity index (χ0) is 91.3. The standard InChI is InChI=1S/C14H22N2O3.C13H20N2O3.C13H18N2O3.2C12H17BrN2O2.C9H14N2O.C7H9BrN2.C6H4BrNO.CH4/c1-10(17)12-6-11(7-15-8-12)9-16(5)13(18)19-14(2,3)4;2*1-13(2,3)18-12(17)15(4)8-10-5-11(9-16)7-14-6-10;2*1-12(2,3)17-11(16)15(4)8-9-5-10(13)7-14-6-9;1-7(12)9-3-8(4-10-2)5-11-6-9;1-9-3-6-2-7(8)5-10-4-6;7-6-1-5(4-9)2-8-3-6;/h6-8,10,17H,9H2,1-5H3;5-7,16H,8-9H2,1-4H3;5-7,9H,8H2,1-4H3;2*5-7H,8H2,1-4H3;3,5-7,10,12H,4H2,1-2H3;2,4-5,9H,3H2,1H3;1-4H;1H4. The first kappa shape index (κ1) is 112. The highest BCUT2D eigenvalue weighted by molar-refractivity contribution is 9.11. The van der Waals surface area contributed by atoms with Gasteiger partial charge < -0.3 is 74.1 Å². The molecule has 8 heterocycles. The van der Waals surface area contributed by atoms with Gasteiger partial charge in [0, 0.05) is 176 Å². The average Bonchev–Trinajstić information content (AvgIpc) is 0.889. The number of carbonyl (C=O) groups excluding carboxylic acids is 7. The summed E-state index contributed by atoms with van der Waals surface area (Å²) in [5.41, 5.74) is 7.61. The lowest BCUT2D eigenvalue weighted by molar-refractivity contribution is 0.0275. The second kappa shape index (κ2) is 56.3. The highest BCUT2D eigenvalue weighted by Crippen LogP contribution is 2.21. The molecular formula is C87H125Br4N15O15. The van der Waals surface area contributed by atoms with Crippen molar-refractivity contribution in [1.82, 2.24) is 75.0 Å². The number of amides is 5. The minimum atomic E-state index is -0.570. The average molecular weight is 1940 g/mol. The van der Waals surface area contributed by atoms with Crippen LogP contribution in [-0.2, 0) is 76.1 Å². The molecule has 0 aromatic carbocycles. The summed E-state index contributed by atoms with van der Waals surface area (Å²) in [6, 6.07) is 14.9. The van der Waals surface area contributed by atoms with Crippen LogP contribution in [-0.4, -0.2) is 200 Å². The Labute approximate surface area is 748 Å². The van der Waals surface area contributed by atoms with Gasteiger partial charge in [-0.1, -0.05) is 7.43 Å². The Hall–Kier alpha value is -9.39. The van der Waals surface area contributed by atoms with E-state index in [1.54, 1.807) is 142 Å². The Morgan fingerprint density at radius 1 is 0.347 bits per heavy atom. The first-order valence-corrected chi connectivity index (χ1v) is 40.9. The predicted molar refractivity (Wildman–Crippen MR) is 483 cm³/mol. The van der Waals surface area contributed by atoms with Crippen LogP contribution in [0.4, 0.5) is 24.0 Å². The summed E-state index contributed by atoms with van der Waals surface area (Å²) in [7, 11) is 12.2. The van der Waals surface area contributed by atoms with Crippen molar-refractivity contribution >= 4 is 107 Å². The Bertz CT molecular complexity index is 4350. The lowest BCUT2D eigenvalue weighted by Gasteiger charge is -2.24. The van der Waals surface area contributed by atoms with Crippen LogP contribution in [0.1, 0.15) is 214 Å². The molecule has 2 unspecified atom stereocenters. The number of aliphatic hydroxyl groups is 3. The van der Waals surface area contributed by atoms with Crippen LogP contribution in [0.2, 0.25) is 0 Å². The van der Waals surface area contributed by atoms with Crippen molar-refractivity contribution in [1.29, 1.82) is 0 Å². The fourth-order valence-electron chi connectivity index (χ4n) is 8.96. The highest BCUT2D eigenvalue weighted by Gasteiger charge is 2.25. The van der Waals surface area contributed by atoms with Crippen LogP contribution in [0.25, 0.3) is 0 Å². The number of rotatable bonds is 19. The summed E-state index contributed by atoms with van der Waals surface area (Å²) in [5.74, 6) is 0. The lowest BCUT2D eigenvalue weighted by atomic mass is 10.1. The highest BCUT2D eigenvalue weighted by atomic mass is 79.9. The number of hydrogen-bond acceptors (Lipinski definition) is 25. The number of halogens is 4. The second-order valence-electron chi connectivity index (χ2n) is 32.0. The molecule has 666 valence electrons. The van der Waals surface area contributed by atoms with Gasteiger partial charge in [0.25, 0.3) is 0 Å². The fourth-order valence-corrected chi connectivity index (χ4v) is 10.6. The molecule has 0 radical (unpaired) electrons. The van der Waals surface area contributed by atoms with Crippen molar-refractivity contribution in [2.75, 3.05) is 49.3 Å². The molecule has 0 saturated carbocycles. The minimum Gasteiger partial charge on any atom is -0.444 e. The Kier molecular flexibility index (Phi) is 51.9. The SMILES string of the molecule is C.CC(O)c1cncc(CN(C)C(=O)OC(C)(C)C)c1.CN(Cc1cncc(Br)c1)C(=O)OC(C)(C)C.CN(Cc1cncc(Br)c1)C(=O)OC(C)(C)C.CN(Cc1cncc(C=O)c1)C(=O)OC(C)(C)C.CN(Cc1cncc(CO)c1)C(=O)OC(C)(C)C.CNCc1cncc(Br)c1.CNCc1cncc(C(C)O)c1.O=Cc1cncc(Br)c1. The molecule has 0 aliphatic rings. The van der Waals surface area contributed by atoms with Gasteiger partial charge in [-0.15, -0.1) is 0 Å². The van der Waals surface area contributed by atoms with Crippen LogP contribution in [0.3, 0.4) is 0 Å². The summed E-state index contributed by atoms with van der Waals surface area (Å²) in [5, 5.41) is 33.8. The molecule has 8 rings (SSSR count). The largest absolute Gasteiger partial charge is 0.444 e. The number of pyridine rings is 8. The van der Waals surface area contributed by atoms with E-state index in [1.165, 1.54) is 42.5 Å². The minimum absolute atomic E-state index is 0. The molecule has 8 aromatic rings. The van der Waals surface area contributed by atoms with E-state index < -0.39 is 46.3 Å². The third-order valence-corrected chi connectivity index (χ3v) is 15.9. The van der Waals surface area contributed by atoms with Crippen molar-refractivity contribution < 1.29 is 72.6 Å².